The lowest BCUT2D eigenvalue weighted by molar-refractivity contribution is 0.0986. The molecule has 29 heavy (non-hydrogen) atoms. The van der Waals surface area contributed by atoms with Gasteiger partial charge in [0.15, 0.2) is 0 Å². The van der Waals surface area contributed by atoms with Gasteiger partial charge < -0.3 is 9.88 Å². The molecule has 1 N–H and O–H groups in total. The minimum atomic E-state index is 0.0517. The van der Waals surface area contributed by atoms with Gasteiger partial charge >= 0.3 is 0 Å². The predicted octanol–water partition coefficient (Wildman–Crippen LogP) is 4.23. The highest BCUT2D eigenvalue weighted by Crippen LogP contribution is 2.29. The fourth-order valence-electron chi connectivity index (χ4n) is 4.10. The fraction of sp³-hybridized carbons (Fsp3) is 0.167. The van der Waals surface area contributed by atoms with E-state index in [4.69, 9.17) is 0 Å². The molecule has 3 aromatic carbocycles. The number of hydrogen-bond donors (Lipinski definition) is 1. The first-order valence-corrected chi connectivity index (χ1v) is 9.87. The number of imidazole rings is 1. The van der Waals surface area contributed by atoms with Crippen molar-refractivity contribution in [1.29, 1.82) is 0 Å². The number of benzene rings is 3. The minimum Gasteiger partial charge on any atom is -0.351 e. The maximum absolute atomic E-state index is 13.6. The fourth-order valence-corrected chi connectivity index (χ4v) is 4.10. The van der Waals surface area contributed by atoms with E-state index in [-0.39, 0.29) is 5.91 Å². The van der Waals surface area contributed by atoms with Crippen LogP contribution in [0.1, 0.15) is 21.6 Å². The molecule has 4 aromatic rings. The van der Waals surface area contributed by atoms with Crippen LogP contribution in [0.3, 0.4) is 0 Å². The van der Waals surface area contributed by atoms with Gasteiger partial charge in [-0.25, -0.2) is 4.98 Å². The third-order valence-electron chi connectivity index (χ3n) is 5.52. The summed E-state index contributed by atoms with van der Waals surface area (Å²) < 4.78 is 0. The van der Waals surface area contributed by atoms with Crippen LogP contribution in [0.15, 0.2) is 79.3 Å². The first-order valence-electron chi connectivity index (χ1n) is 9.87. The van der Waals surface area contributed by atoms with Gasteiger partial charge in [-0.2, -0.15) is 0 Å². The lowest BCUT2D eigenvalue weighted by Gasteiger charge is -2.23. The van der Waals surface area contributed by atoms with E-state index in [2.05, 4.69) is 27.0 Å². The molecule has 0 aliphatic carbocycles. The molecule has 0 radical (unpaired) electrons. The van der Waals surface area contributed by atoms with Crippen LogP contribution in [0, 0.1) is 0 Å². The van der Waals surface area contributed by atoms with E-state index in [0.29, 0.717) is 6.54 Å². The summed E-state index contributed by atoms with van der Waals surface area (Å²) in [5.74, 6) is 0.0517. The van der Waals surface area contributed by atoms with Crippen LogP contribution < -0.4 is 4.90 Å². The van der Waals surface area contributed by atoms with Crippen molar-refractivity contribution in [3.8, 4) is 0 Å². The average Bonchev–Trinajstić information content (AvgIpc) is 3.20. The molecular formula is C24H22N4O. The summed E-state index contributed by atoms with van der Waals surface area (Å²) >= 11 is 0. The predicted molar refractivity (Wildman–Crippen MR) is 115 cm³/mol. The van der Waals surface area contributed by atoms with E-state index in [0.717, 1.165) is 52.9 Å². The quantitative estimate of drug-likeness (QED) is 0.577. The Morgan fingerprint density at radius 1 is 0.966 bits per heavy atom. The van der Waals surface area contributed by atoms with Gasteiger partial charge in [0, 0.05) is 43.6 Å². The van der Waals surface area contributed by atoms with Crippen molar-refractivity contribution < 1.29 is 4.79 Å². The molecule has 0 saturated heterocycles. The summed E-state index contributed by atoms with van der Waals surface area (Å²) in [7, 11) is 0. The molecule has 1 aromatic heterocycles. The topological polar surface area (TPSA) is 52.2 Å². The Morgan fingerprint density at radius 3 is 2.69 bits per heavy atom. The maximum atomic E-state index is 13.6. The summed E-state index contributed by atoms with van der Waals surface area (Å²) in [6.07, 6.45) is 3.63. The van der Waals surface area contributed by atoms with Crippen LogP contribution in [0.2, 0.25) is 0 Å². The van der Waals surface area contributed by atoms with E-state index < -0.39 is 0 Å². The number of carbonyl (C=O) groups is 1. The number of aromatic amines is 1. The zero-order valence-corrected chi connectivity index (χ0v) is 16.1. The number of carbonyl (C=O) groups excluding carboxylic acids is 1. The van der Waals surface area contributed by atoms with Crippen molar-refractivity contribution in [2.45, 2.75) is 13.1 Å². The SMILES string of the molecule is O=C(c1cccc2ccccc12)N1CCN(Cc2c[nH]cn2)Cc2ccccc21. The summed E-state index contributed by atoms with van der Waals surface area (Å²) in [4.78, 5) is 25.3. The number of nitrogens with one attached hydrogen (secondary N) is 1. The van der Waals surface area contributed by atoms with Crippen molar-refractivity contribution in [2.75, 3.05) is 18.0 Å². The third kappa shape index (κ3) is 3.41. The molecule has 2 heterocycles. The van der Waals surface area contributed by atoms with Crippen LogP contribution in [-0.2, 0) is 13.1 Å². The van der Waals surface area contributed by atoms with Gasteiger partial charge in [-0.05, 0) is 28.5 Å². The molecule has 1 aliphatic rings. The van der Waals surface area contributed by atoms with E-state index in [1.165, 1.54) is 0 Å². The highest BCUT2D eigenvalue weighted by atomic mass is 16.2. The Hall–Kier alpha value is -3.44. The standard InChI is InChI=1S/C24H22N4O/c29-24(22-10-5-8-18-6-1-3-9-21(18)22)28-13-12-27(16-20-14-25-17-26-20)15-19-7-2-4-11-23(19)28/h1-11,14,17H,12-13,15-16H2,(H,25,26). The Kier molecular flexibility index (Phi) is 4.58. The number of hydrogen-bond acceptors (Lipinski definition) is 3. The molecule has 5 nitrogen and oxygen atoms in total. The number of para-hydroxylation sites is 1. The minimum absolute atomic E-state index is 0.0517. The average molecular weight is 382 g/mol. The van der Waals surface area contributed by atoms with Crippen LogP contribution in [0.25, 0.3) is 10.8 Å². The van der Waals surface area contributed by atoms with E-state index in [1.807, 2.05) is 65.7 Å². The Bertz CT molecular complexity index is 1150. The normalized spacial score (nSPS) is 14.6. The molecule has 1 amide bonds. The highest BCUT2D eigenvalue weighted by molar-refractivity contribution is 6.14. The number of anilines is 1. The van der Waals surface area contributed by atoms with Crippen molar-refractivity contribution >= 4 is 22.4 Å². The van der Waals surface area contributed by atoms with E-state index in [1.54, 1.807) is 6.33 Å². The van der Waals surface area contributed by atoms with Gasteiger partial charge in [-0.15, -0.1) is 0 Å². The molecule has 5 rings (SSSR count). The third-order valence-corrected chi connectivity index (χ3v) is 5.52. The second-order valence-corrected chi connectivity index (χ2v) is 7.38. The number of fused-ring (bicyclic) bond motifs is 2. The lowest BCUT2D eigenvalue weighted by Crippen LogP contribution is -2.36. The molecule has 5 heteroatoms. The molecule has 144 valence electrons. The largest absolute Gasteiger partial charge is 0.351 e. The van der Waals surface area contributed by atoms with Crippen LogP contribution >= 0.6 is 0 Å². The lowest BCUT2D eigenvalue weighted by atomic mass is 10.0. The highest BCUT2D eigenvalue weighted by Gasteiger charge is 2.26. The van der Waals surface area contributed by atoms with Gasteiger partial charge in [0.05, 0.1) is 12.0 Å². The van der Waals surface area contributed by atoms with Gasteiger partial charge in [0.1, 0.15) is 0 Å². The zero-order valence-electron chi connectivity index (χ0n) is 16.1. The second-order valence-electron chi connectivity index (χ2n) is 7.38. The maximum Gasteiger partial charge on any atom is 0.258 e. The Balaban J connectivity index is 1.50. The molecule has 0 spiro atoms. The molecule has 0 atom stereocenters. The molecular weight excluding hydrogens is 360 g/mol. The summed E-state index contributed by atoms with van der Waals surface area (Å²) in [6, 6.07) is 22.2. The number of rotatable bonds is 3. The molecule has 0 saturated carbocycles. The van der Waals surface area contributed by atoms with E-state index >= 15 is 0 Å². The monoisotopic (exact) mass is 382 g/mol. The first kappa shape index (κ1) is 17.6. The van der Waals surface area contributed by atoms with Gasteiger partial charge in [-0.1, -0.05) is 54.6 Å². The summed E-state index contributed by atoms with van der Waals surface area (Å²) in [6.45, 7) is 2.98. The molecule has 0 bridgehead atoms. The smallest absolute Gasteiger partial charge is 0.258 e. The Labute approximate surface area is 169 Å². The van der Waals surface area contributed by atoms with Gasteiger partial charge in [0.25, 0.3) is 5.91 Å². The number of H-pyrrole nitrogens is 1. The number of aromatic nitrogens is 2. The summed E-state index contributed by atoms with van der Waals surface area (Å²) in [5, 5.41) is 2.08. The number of nitrogens with zero attached hydrogens (tertiary/aromatic N) is 3. The van der Waals surface area contributed by atoms with Gasteiger partial charge in [0.2, 0.25) is 0 Å². The van der Waals surface area contributed by atoms with Crippen LogP contribution in [0.4, 0.5) is 5.69 Å². The van der Waals surface area contributed by atoms with Crippen LogP contribution in [-0.4, -0.2) is 33.9 Å². The Morgan fingerprint density at radius 2 is 1.79 bits per heavy atom. The second kappa shape index (κ2) is 7.53. The molecule has 0 fully saturated rings. The number of amides is 1. The van der Waals surface area contributed by atoms with Gasteiger partial charge in [-0.3, -0.25) is 9.69 Å². The van der Waals surface area contributed by atoms with Crippen molar-refractivity contribution in [1.82, 2.24) is 14.9 Å². The molecule has 1 aliphatic heterocycles. The first-order chi connectivity index (χ1) is 14.3. The van der Waals surface area contributed by atoms with Crippen LogP contribution in [0.5, 0.6) is 0 Å². The van der Waals surface area contributed by atoms with Crippen molar-refractivity contribution in [2.24, 2.45) is 0 Å². The molecule has 0 unspecified atom stereocenters. The summed E-state index contributed by atoms with van der Waals surface area (Å²) in [5.41, 5.74) is 3.92. The zero-order chi connectivity index (χ0) is 19.6. The van der Waals surface area contributed by atoms with Crippen molar-refractivity contribution in [3.05, 3.63) is 96.1 Å². The van der Waals surface area contributed by atoms with E-state index in [9.17, 15) is 4.79 Å². The van der Waals surface area contributed by atoms with Crippen molar-refractivity contribution in [3.63, 3.8) is 0 Å².